The average Bonchev–Trinajstić information content (AvgIpc) is 3.33. The molecule has 1 aliphatic rings. The zero-order valence-electron chi connectivity index (χ0n) is 24.3. The van der Waals surface area contributed by atoms with Crippen molar-refractivity contribution in [2.75, 3.05) is 11.4 Å². The summed E-state index contributed by atoms with van der Waals surface area (Å²) < 4.78 is 5.87. The van der Waals surface area contributed by atoms with Crippen LogP contribution in [0.3, 0.4) is 0 Å². The lowest BCUT2D eigenvalue weighted by molar-refractivity contribution is -0.136. The van der Waals surface area contributed by atoms with Gasteiger partial charge in [0, 0.05) is 17.9 Å². The molecular formula is C36H36N2O4. The van der Waals surface area contributed by atoms with Gasteiger partial charge in [-0.05, 0) is 75.0 Å². The van der Waals surface area contributed by atoms with Gasteiger partial charge < -0.3 is 15.2 Å². The van der Waals surface area contributed by atoms with Crippen LogP contribution in [0, 0.1) is 0 Å². The molecule has 6 heteroatoms. The van der Waals surface area contributed by atoms with Crippen molar-refractivity contribution in [3.05, 3.63) is 125 Å². The summed E-state index contributed by atoms with van der Waals surface area (Å²) in [4.78, 5) is 26.1. The third-order valence-electron chi connectivity index (χ3n) is 7.55. The zero-order valence-corrected chi connectivity index (χ0v) is 24.3. The molecule has 214 valence electrons. The summed E-state index contributed by atoms with van der Waals surface area (Å²) in [7, 11) is 0. The lowest BCUT2D eigenvalue weighted by atomic mass is 9.87. The summed E-state index contributed by atoms with van der Waals surface area (Å²) in [5.74, 6) is -0.390. The molecule has 42 heavy (non-hydrogen) atoms. The molecule has 4 aromatic rings. The van der Waals surface area contributed by atoms with Gasteiger partial charge in [0.15, 0.2) is 0 Å². The molecule has 1 aliphatic carbocycles. The number of hydrogen-bond donors (Lipinski definition) is 2. The van der Waals surface area contributed by atoms with Crippen molar-refractivity contribution in [2.24, 2.45) is 0 Å². The fourth-order valence-corrected chi connectivity index (χ4v) is 5.18. The maximum Gasteiger partial charge on any atom is 0.420 e. The molecule has 0 fully saturated rings. The van der Waals surface area contributed by atoms with Crippen LogP contribution in [0.4, 0.5) is 10.5 Å². The number of carboxylic acid groups (broad SMARTS) is 1. The molecular weight excluding hydrogens is 524 g/mol. The average molecular weight is 561 g/mol. The number of nitrogens with zero attached hydrogens (tertiary/aromatic N) is 1. The Morgan fingerprint density at radius 1 is 0.905 bits per heavy atom. The Hall–Kier alpha value is -4.84. The number of rotatable bonds is 9. The summed E-state index contributed by atoms with van der Waals surface area (Å²) in [6.07, 6.45) is 0.392. The quantitative estimate of drug-likeness (QED) is 0.192. The second kappa shape index (κ2) is 12.0. The number of amides is 1. The van der Waals surface area contributed by atoms with E-state index in [9.17, 15) is 9.59 Å². The molecule has 0 radical (unpaired) electrons. The first-order valence-corrected chi connectivity index (χ1v) is 14.1. The second-order valence-electron chi connectivity index (χ2n) is 11.6. The van der Waals surface area contributed by atoms with Crippen LogP contribution in [0.2, 0.25) is 0 Å². The predicted octanol–water partition coefficient (Wildman–Crippen LogP) is 7.80. The van der Waals surface area contributed by atoms with Crippen LogP contribution in [-0.4, -0.2) is 23.7 Å². The van der Waals surface area contributed by atoms with E-state index in [2.05, 4.69) is 75.1 Å². The SMILES string of the molecule is C=C(NCCC(=O)O)c1ccc(N(Cc2ccc3c(c2)Cc2ccccc2-3)C(=O)Oc2ccc(C(C)(C)C)cc2)cc1. The lowest BCUT2D eigenvalue weighted by Crippen LogP contribution is -2.33. The number of carbonyl (C=O) groups is 2. The van der Waals surface area contributed by atoms with Crippen molar-refractivity contribution >= 4 is 23.4 Å². The summed E-state index contributed by atoms with van der Waals surface area (Å²) in [5, 5.41) is 11.9. The van der Waals surface area contributed by atoms with Crippen molar-refractivity contribution in [3.8, 4) is 16.9 Å². The maximum absolute atomic E-state index is 13.7. The highest BCUT2D eigenvalue weighted by Crippen LogP contribution is 2.37. The fourth-order valence-electron chi connectivity index (χ4n) is 5.18. The number of benzene rings is 4. The molecule has 0 heterocycles. The smallest absolute Gasteiger partial charge is 0.420 e. The molecule has 0 spiro atoms. The van der Waals surface area contributed by atoms with Gasteiger partial charge in [0.25, 0.3) is 0 Å². The molecule has 4 aromatic carbocycles. The number of carboxylic acids is 1. The van der Waals surface area contributed by atoms with Crippen LogP contribution >= 0.6 is 0 Å². The Bertz CT molecular complexity index is 1620. The molecule has 1 amide bonds. The Kier molecular flexibility index (Phi) is 8.16. The summed E-state index contributed by atoms with van der Waals surface area (Å²) >= 11 is 0. The van der Waals surface area contributed by atoms with Gasteiger partial charge in [0.1, 0.15) is 5.75 Å². The Balaban J connectivity index is 1.38. The molecule has 2 N–H and O–H groups in total. The van der Waals surface area contributed by atoms with E-state index in [0.717, 1.165) is 23.1 Å². The van der Waals surface area contributed by atoms with Crippen LogP contribution in [0.1, 0.15) is 55.0 Å². The predicted molar refractivity (Wildman–Crippen MR) is 168 cm³/mol. The van der Waals surface area contributed by atoms with Gasteiger partial charge in [-0.15, -0.1) is 0 Å². The van der Waals surface area contributed by atoms with E-state index in [1.807, 2.05) is 48.5 Å². The highest BCUT2D eigenvalue weighted by Gasteiger charge is 2.23. The maximum atomic E-state index is 13.7. The highest BCUT2D eigenvalue weighted by molar-refractivity contribution is 5.89. The topological polar surface area (TPSA) is 78.9 Å². The lowest BCUT2D eigenvalue weighted by Gasteiger charge is -2.24. The van der Waals surface area contributed by atoms with Crippen LogP contribution < -0.4 is 15.0 Å². The Morgan fingerprint density at radius 3 is 2.29 bits per heavy atom. The molecule has 5 rings (SSSR count). The molecule has 0 atom stereocenters. The number of aliphatic carboxylic acids is 1. The summed E-state index contributed by atoms with van der Waals surface area (Å²) in [6.45, 7) is 11.1. The Labute approximate surface area is 247 Å². The number of hydrogen-bond acceptors (Lipinski definition) is 4. The van der Waals surface area contributed by atoms with Crippen molar-refractivity contribution < 1.29 is 19.4 Å². The summed E-state index contributed by atoms with van der Waals surface area (Å²) in [6, 6.07) is 29.9. The minimum Gasteiger partial charge on any atom is -0.481 e. The monoisotopic (exact) mass is 560 g/mol. The summed E-state index contributed by atoms with van der Waals surface area (Å²) in [5.41, 5.74) is 9.33. The first-order chi connectivity index (χ1) is 20.1. The number of anilines is 1. The molecule has 0 saturated carbocycles. The van der Waals surface area contributed by atoms with E-state index in [0.29, 0.717) is 23.7 Å². The van der Waals surface area contributed by atoms with E-state index in [-0.39, 0.29) is 18.4 Å². The van der Waals surface area contributed by atoms with E-state index in [1.54, 1.807) is 4.90 Å². The van der Waals surface area contributed by atoms with Gasteiger partial charge in [0.05, 0.1) is 13.0 Å². The molecule has 6 nitrogen and oxygen atoms in total. The van der Waals surface area contributed by atoms with Crippen molar-refractivity contribution in [3.63, 3.8) is 0 Å². The Morgan fingerprint density at radius 2 is 1.60 bits per heavy atom. The van der Waals surface area contributed by atoms with Crippen LogP contribution in [-0.2, 0) is 23.2 Å². The van der Waals surface area contributed by atoms with Crippen LogP contribution in [0.15, 0.2) is 97.6 Å². The van der Waals surface area contributed by atoms with Gasteiger partial charge in [-0.2, -0.15) is 0 Å². The molecule has 0 bridgehead atoms. The second-order valence-corrected chi connectivity index (χ2v) is 11.6. The third kappa shape index (κ3) is 6.55. The van der Waals surface area contributed by atoms with Crippen LogP contribution in [0.5, 0.6) is 5.75 Å². The fraction of sp³-hybridized carbons (Fsp3) is 0.222. The number of ether oxygens (including phenoxy) is 1. The minimum atomic E-state index is -0.872. The van der Waals surface area contributed by atoms with Crippen molar-refractivity contribution in [1.29, 1.82) is 0 Å². The standard InChI is InChI=1S/C36H36N2O4/c1-24(37-20-19-34(39)40)26-10-14-30(15-11-26)38(35(41)42-31-16-12-29(13-17-31)36(2,3)4)23-25-9-18-33-28(21-25)22-27-7-5-6-8-32(27)33/h5-18,21,37H,1,19-20,22-23H2,2-4H3,(H,39,40). The highest BCUT2D eigenvalue weighted by atomic mass is 16.6. The first kappa shape index (κ1) is 28.7. The molecule has 0 aromatic heterocycles. The van der Waals surface area contributed by atoms with E-state index < -0.39 is 12.1 Å². The van der Waals surface area contributed by atoms with Crippen LogP contribution in [0.25, 0.3) is 16.8 Å². The first-order valence-electron chi connectivity index (χ1n) is 14.1. The van der Waals surface area contributed by atoms with E-state index in [1.165, 1.54) is 22.3 Å². The zero-order chi connectivity index (χ0) is 29.9. The normalized spacial score (nSPS) is 11.8. The van der Waals surface area contributed by atoms with Gasteiger partial charge in [-0.25, -0.2) is 4.79 Å². The molecule has 0 saturated heterocycles. The third-order valence-corrected chi connectivity index (χ3v) is 7.55. The number of nitrogens with one attached hydrogen (secondary N) is 1. The minimum absolute atomic E-state index is 0.000681. The largest absolute Gasteiger partial charge is 0.481 e. The number of fused-ring (bicyclic) bond motifs is 3. The number of carbonyl (C=O) groups excluding carboxylic acids is 1. The molecule has 0 aliphatic heterocycles. The van der Waals surface area contributed by atoms with Gasteiger partial charge >= 0.3 is 12.1 Å². The van der Waals surface area contributed by atoms with Gasteiger partial charge in [-0.1, -0.05) is 94.1 Å². The van der Waals surface area contributed by atoms with Gasteiger partial charge in [0.2, 0.25) is 0 Å². The van der Waals surface area contributed by atoms with E-state index >= 15 is 0 Å². The molecule has 0 unspecified atom stereocenters. The van der Waals surface area contributed by atoms with Crippen molar-refractivity contribution in [2.45, 2.75) is 45.6 Å². The van der Waals surface area contributed by atoms with Crippen molar-refractivity contribution in [1.82, 2.24) is 5.32 Å². The van der Waals surface area contributed by atoms with Gasteiger partial charge in [-0.3, -0.25) is 9.69 Å². The van der Waals surface area contributed by atoms with E-state index in [4.69, 9.17) is 9.84 Å².